The highest BCUT2D eigenvalue weighted by Crippen LogP contribution is 2.12. The summed E-state index contributed by atoms with van der Waals surface area (Å²) in [5.41, 5.74) is 0.902. The molecule has 5 nitrogen and oxygen atoms in total. The molecular weight excluding hydrogens is 182 g/mol. The zero-order chi connectivity index (χ0) is 10.7. The van der Waals surface area contributed by atoms with E-state index < -0.39 is 0 Å². The first-order chi connectivity index (χ1) is 6.65. The molecule has 0 amide bonds. The van der Waals surface area contributed by atoms with E-state index >= 15 is 0 Å². The fourth-order valence-electron chi connectivity index (χ4n) is 1.31. The number of ketones is 2. The van der Waals surface area contributed by atoms with Crippen molar-refractivity contribution < 1.29 is 9.59 Å². The highest BCUT2D eigenvalue weighted by molar-refractivity contribution is 6.21. The third-order valence-electron chi connectivity index (χ3n) is 2.01. The van der Waals surface area contributed by atoms with Crippen LogP contribution in [0.15, 0.2) is 23.2 Å². The van der Waals surface area contributed by atoms with Crippen LogP contribution < -0.4 is 16.0 Å². The van der Waals surface area contributed by atoms with Crippen LogP contribution in [0.1, 0.15) is 0 Å². The molecule has 0 unspecified atom stereocenters. The quantitative estimate of drug-likeness (QED) is 0.498. The molecule has 0 aromatic rings. The van der Waals surface area contributed by atoms with Gasteiger partial charge < -0.3 is 16.0 Å². The average molecular weight is 195 g/mol. The van der Waals surface area contributed by atoms with Crippen LogP contribution in [0, 0.1) is 0 Å². The molecule has 5 heteroatoms. The summed E-state index contributed by atoms with van der Waals surface area (Å²) in [5, 5.41) is 8.10. The molecule has 3 N–H and O–H groups in total. The Morgan fingerprint density at radius 3 is 1.93 bits per heavy atom. The van der Waals surface area contributed by atoms with Crippen molar-refractivity contribution in [3.8, 4) is 0 Å². The highest BCUT2D eigenvalue weighted by Gasteiger charge is 2.26. The first-order valence-corrected chi connectivity index (χ1v) is 4.24. The van der Waals surface area contributed by atoms with Gasteiger partial charge in [-0.2, -0.15) is 0 Å². The molecule has 0 saturated heterocycles. The molecule has 14 heavy (non-hydrogen) atoms. The van der Waals surface area contributed by atoms with Gasteiger partial charge in [0, 0.05) is 27.2 Å². The summed E-state index contributed by atoms with van der Waals surface area (Å²) >= 11 is 0. The van der Waals surface area contributed by atoms with Crippen molar-refractivity contribution in [1.29, 1.82) is 0 Å². The average Bonchev–Trinajstić information content (AvgIpc) is 2.20. The molecule has 0 aliphatic heterocycles. The van der Waals surface area contributed by atoms with Gasteiger partial charge in [0.2, 0.25) is 11.6 Å². The number of likely N-dealkylation sites (N-methyl/N-ethyl adjacent to an activating group) is 3. The number of allylic oxidation sites excluding steroid dienone is 1. The SMILES string of the molecule is CNC1=CC(=O)C(NC)=C(NC)C1=O. The van der Waals surface area contributed by atoms with Gasteiger partial charge in [0.05, 0.1) is 5.70 Å². The number of rotatable bonds is 3. The van der Waals surface area contributed by atoms with Crippen molar-refractivity contribution in [2.75, 3.05) is 21.1 Å². The second-order valence-electron chi connectivity index (χ2n) is 2.75. The summed E-state index contributed by atoms with van der Waals surface area (Å²) in [7, 11) is 4.82. The number of hydrogen-bond donors (Lipinski definition) is 3. The molecular formula is C9H13N3O2. The lowest BCUT2D eigenvalue weighted by Gasteiger charge is -2.17. The van der Waals surface area contributed by atoms with Crippen LogP contribution in [0.2, 0.25) is 0 Å². The minimum Gasteiger partial charge on any atom is -0.385 e. The summed E-state index contributed by atoms with van der Waals surface area (Å²) in [6, 6.07) is 0. The van der Waals surface area contributed by atoms with Crippen molar-refractivity contribution in [3.63, 3.8) is 0 Å². The lowest BCUT2D eigenvalue weighted by atomic mass is 10.0. The van der Waals surface area contributed by atoms with E-state index in [1.54, 1.807) is 21.1 Å². The number of nitrogens with one attached hydrogen (secondary N) is 3. The van der Waals surface area contributed by atoms with Gasteiger partial charge in [-0.05, 0) is 0 Å². The molecule has 0 fully saturated rings. The van der Waals surface area contributed by atoms with Gasteiger partial charge in [-0.25, -0.2) is 0 Å². The molecule has 0 aromatic carbocycles. The van der Waals surface area contributed by atoms with Gasteiger partial charge >= 0.3 is 0 Å². The molecule has 0 saturated carbocycles. The molecule has 1 rings (SSSR count). The Bertz CT molecular complexity index is 342. The number of carbonyl (C=O) groups excluding carboxylic acids is 2. The van der Waals surface area contributed by atoms with Crippen LogP contribution in [0.25, 0.3) is 0 Å². The Morgan fingerprint density at radius 2 is 1.50 bits per heavy atom. The lowest BCUT2D eigenvalue weighted by molar-refractivity contribution is -0.116. The lowest BCUT2D eigenvalue weighted by Crippen LogP contribution is -2.35. The van der Waals surface area contributed by atoms with Crippen molar-refractivity contribution in [2.24, 2.45) is 0 Å². The number of hydrogen-bond acceptors (Lipinski definition) is 5. The third-order valence-corrected chi connectivity index (χ3v) is 2.01. The molecule has 0 atom stereocenters. The first-order valence-electron chi connectivity index (χ1n) is 4.24. The zero-order valence-electron chi connectivity index (χ0n) is 8.39. The number of carbonyl (C=O) groups is 2. The van der Waals surface area contributed by atoms with Gasteiger partial charge in [-0.3, -0.25) is 9.59 Å². The molecule has 0 radical (unpaired) electrons. The molecule has 0 bridgehead atoms. The van der Waals surface area contributed by atoms with Gasteiger partial charge in [-0.15, -0.1) is 0 Å². The predicted molar refractivity (Wildman–Crippen MR) is 52.3 cm³/mol. The zero-order valence-corrected chi connectivity index (χ0v) is 8.39. The van der Waals surface area contributed by atoms with Crippen molar-refractivity contribution in [1.82, 2.24) is 16.0 Å². The topological polar surface area (TPSA) is 70.2 Å². The highest BCUT2D eigenvalue weighted by atomic mass is 16.1. The van der Waals surface area contributed by atoms with Crippen LogP contribution in [0.5, 0.6) is 0 Å². The van der Waals surface area contributed by atoms with E-state index in [0.29, 0.717) is 17.1 Å². The van der Waals surface area contributed by atoms with Crippen molar-refractivity contribution in [2.45, 2.75) is 0 Å². The van der Waals surface area contributed by atoms with E-state index in [9.17, 15) is 9.59 Å². The summed E-state index contributed by atoms with van der Waals surface area (Å²) in [4.78, 5) is 23.1. The van der Waals surface area contributed by atoms with E-state index in [0.717, 1.165) is 0 Å². The summed E-state index contributed by atoms with van der Waals surface area (Å²) in [6.45, 7) is 0. The van der Waals surface area contributed by atoms with Crippen LogP contribution in [0.3, 0.4) is 0 Å². The van der Waals surface area contributed by atoms with Crippen LogP contribution in [-0.2, 0) is 9.59 Å². The largest absolute Gasteiger partial charge is 0.385 e. The fraction of sp³-hybridized carbons (Fsp3) is 0.333. The minimum absolute atomic E-state index is 0.208. The normalized spacial score (nSPS) is 16.6. The summed E-state index contributed by atoms with van der Waals surface area (Å²) in [5.74, 6) is -0.417. The monoisotopic (exact) mass is 195 g/mol. The molecule has 1 aliphatic rings. The maximum Gasteiger partial charge on any atom is 0.227 e. The predicted octanol–water partition coefficient (Wildman–Crippen LogP) is -1.11. The molecule has 1 aliphatic carbocycles. The van der Waals surface area contributed by atoms with Crippen molar-refractivity contribution >= 4 is 11.6 Å². The van der Waals surface area contributed by atoms with Gasteiger partial charge in [0.1, 0.15) is 11.4 Å². The van der Waals surface area contributed by atoms with E-state index in [1.165, 1.54) is 6.08 Å². The van der Waals surface area contributed by atoms with E-state index in [-0.39, 0.29) is 11.6 Å². The Labute approximate surface area is 82.2 Å². The Kier molecular flexibility index (Phi) is 2.91. The van der Waals surface area contributed by atoms with Gasteiger partial charge in [-0.1, -0.05) is 0 Å². The minimum atomic E-state index is -0.209. The van der Waals surface area contributed by atoms with Gasteiger partial charge in [0.25, 0.3) is 0 Å². The molecule has 0 heterocycles. The van der Waals surface area contributed by atoms with E-state index in [2.05, 4.69) is 16.0 Å². The molecule has 0 spiro atoms. The number of Topliss-reactive ketones (excluding diaryl/α,β-unsaturated/α-hetero) is 1. The smallest absolute Gasteiger partial charge is 0.227 e. The third kappa shape index (κ3) is 1.48. The maximum absolute atomic E-state index is 11.7. The van der Waals surface area contributed by atoms with E-state index in [1.807, 2.05) is 0 Å². The van der Waals surface area contributed by atoms with E-state index in [4.69, 9.17) is 0 Å². The Hall–Kier alpha value is -1.78. The molecule has 0 aromatic heterocycles. The second kappa shape index (κ2) is 3.95. The van der Waals surface area contributed by atoms with Crippen LogP contribution in [0.4, 0.5) is 0 Å². The van der Waals surface area contributed by atoms with Crippen LogP contribution >= 0.6 is 0 Å². The second-order valence-corrected chi connectivity index (χ2v) is 2.75. The fourth-order valence-corrected chi connectivity index (χ4v) is 1.31. The summed E-state index contributed by atoms with van der Waals surface area (Å²) < 4.78 is 0. The Balaban J connectivity index is 3.17. The standard InChI is InChI=1S/C9H13N3O2/c1-10-5-4-6(13)7(11-2)8(12-3)9(5)14/h4,10-12H,1-3H3. The molecule has 76 valence electrons. The van der Waals surface area contributed by atoms with Crippen LogP contribution in [-0.4, -0.2) is 32.7 Å². The van der Waals surface area contributed by atoms with Crippen molar-refractivity contribution in [3.05, 3.63) is 23.2 Å². The Morgan fingerprint density at radius 1 is 0.929 bits per heavy atom. The summed E-state index contributed by atoms with van der Waals surface area (Å²) in [6.07, 6.45) is 1.29. The first kappa shape index (κ1) is 10.3. The maximum atomic E-state index is 11.7. The van der Waals surface area contributed by atoms with Gasteiger partial charge in [0.15, 0.2) is 0 Å².